The molecule has 0 unspecified atom stereocenters. The first-order chi connectivity index (χ1) is 9.25. The lowest BCUT2D eigenvalue weighted by molar-refractivity contribution is 0.122. The summed E-state index contributed by atoms with van der Waals surface area (Å²) in [7, 11) is 1.88. The summed E-state index contributed by atoms with van der Waals surface area (Å²) in [4.78, 5) is 2.03. The maximum Gasteiger partial charge on any atom is 0.246 e. The van der Waals surface area contributed by atoms with Crippen LogP contribution in [0.25, 0.3) is 0 Å². The van der Waals surface area contributed by atoms with Gasteiger partial charge in [0, 0.05) is 20.1 Å². The molecule has 0 saturated carbocycles. The van der Waals surface area contributed by atoms with Gasteiger partial charge >= 0.3 is 0 Å². The van der Waals surface area contributed by atoms with Crippen LogP contribution in [0.15, 0.2) is 4.90 Å². The predicted octanol–water partition coefficient (Wildman–Crippen LogP) is -0.833. The average molecular weight is 305 g/mol. The summed E-state index contributed by atoms with van der Waals surface area (Å²) in [5.41, 5.74) is 6.13. The zero-order valence-corrected chi connectivity index (χ0v) is 13.2. The number of anilines is 1. The molecule has 8 nitrogen and oxygen atoms in total. The Kier molecular flexibility index (Phi) is 5.93. The summed E-state index contributed by atoms with van der Waals surface area (Å²) in [5.74, 6) is 0.00558. The van der Waals surface area contributed by atoms with Crippen LogP contribution in [0.1, 0.15) is 5.69 Å². The van der Waals surface area contributed by atoms with Gasteiger partial charge in [-0.3, -0.25) is 4.68 Å². The average Bonchev–Trinajstić information content (AvgIpc) is 2.57. The van der Waals surface area contributed by atoms with Crippen molar-refractivity contribution in [1.29, 1.82) is 0 Å². The quantitative estimate of drug-likeness (QED) is 0.608. The highest BCUT2D eigenvalue weighted by atomic mass is 32.2. The van der Waals surface area contributed by atoms with Gasteiger partial charge in [0.05, 0.1) is 18.9 Å². The lowest BCUT2D eigenvalue weighted by atomic mass is 10.5. The standard InChI is InChI=1S/C11H23N5O3S/c1-9-10(11(12)14-16(9)4)20(17,18)13-5-7-19-8-6-15(2)3/h13H,5-8H2,1-4H3,(H2,12,14). The minimum absolute atomic E-state index is 0.00558. The molecule has 0 radical (unpaired) electrons. The number of likely N-dealkylation sites (N-methyl/N-ethyl adjacent to an activating group) is 1. The molecular formula is C11H23N5O3S. The fourth-order valence-electron chi connectivity index (χ4n) is 1.62. The van der Waals surface area contributed by atoms with Gasteiger partial charge in [-0.2, -0.15) is 5.10 Å². The fourth-order valence-corrected chi connectivity index (χ4v) is 2.95. The molecule has 0 saturated heterocycles. The molecule has 1 rings (SSSR count). The fraction of sp³-hybridized carbons (Fsp3) is 0.727. The van der Waals surface area contributed by atoms with Crippen molar-refractivity contribution in [3.63, 3.8) is 0 Å². The van der Waals surface area contributed by atoms with Crippen LogP contribution in [-0.2, 0) is 21.8 Å². The number of hydrogen-bond donors (Lipinski definition) is 2. The van der Waals surface area contributed by atoms with Crippen LogP contribution in [0.5, 0.6) is 0 Å². The SMILES string of the molecule is Cc1c(S(=O)(=O)NCCOCCN(C)C)c(N)nn1C. The minimum Gasteiger partial charge on any atom is -0.381 e. The van der Waals surface area contributed by atoms with E-state index < -0.39 is 10.0 Å². The number of nitrogens with one attached hydrogen (secondary N) is 1. The molecule has 0 amide bonds. The monoisotopic (exact) mass is 305 g/mol. The first-order valence-corrected chi connectivity index (χ1v) is 7.75. The molecule has 0 spiro atoms. The number of nitrogens with zero attached hydrogens (tertiary/aromatic N) is 3. The Bertz CT molecular complexity index is 538. The number of aryl methyl sites for hydroxylation is 1. The van der Waals surface area contributed by atoms with Crippen molar-refractivity contribution in [2.75, 3.05) is 46.1 Å². The summed E-state index contributed by atoms with van der Waals surface area (Å²) in [6.07, 6.45) is 0. The maximum atomic E-state index is 12.1. The highest BCUT2D eigenvalue weighted by Gasteiger charge is 2.23. The summed E-state index contributed by atoms with van der Waals surface area (Å²) in [5, 5.41) is 3.89. The lowest BCUT2D eigenvalue weighted by Gasteiger charge is -2.10. The van der Waals surface area contributed by atoms with Crippen LogP contribution >= 0.6 is 0 Å². The molecule has 1 aromatic rings. The second-order valence-electron chi connectivity index (χ2n) is 4.74. The van der Waals surface area contributed by atoms with Crippen LogP contribution in [-0.4, -0.2) is 63.5 Å². The lowest BCUT2D eigenvalue weighted by Crippen LogP contribution is -2.29. The van der Waals surface area contributed by atoms with Gasteiger partial charge in [-0.15, -0.1) is 0 Å². The van der Waals surface area contributed by atoms with Crippen LogP contribution < -0.4 is 10.5 Å². The zero-order chi connectivity index (χ0) is 15.3. The van der Waals surface area contributed by atoms with Gasteiger partial charge in [-0.05, 0) is 21.0 Å². The number of hydrogen-bond acceptors (Lipinski definition) is 6. The molecule has 0 atom stereocenters. The number of nitrogens with two attached hydrogens (primary N) is 1. The predicted molar refractivity (Wildman–Crippen MR) is 76.9 cm³/mol. The summed E-state index contributed by atoms with van der Waals surface area (Å²) in [6.45, 7) is 3.52. The van der Waals surface area contributed by atoms with Gasteiger partial charge in [0.15, 0.2) is 5.82 Å². The second kappa shape index (κ2) is 7.02. The zero-order valence-electron chi connectivity index (χ0n) is 12.4. The van der Waals surface area contributed by atoms with Crippen molar-refractivity contribution in [1.82, 2.24) is 19.4 Å². The van der Waals surface area contributed by atoms with E-state index in [9.17, 15) is 8.42 Å². The van der Waals surface area contributed by atoms with Crippen molar-refractivity contribution < 1.29 is 13.2 Å². The van der Waals surface area contributed by atoms with Crippen molar-refractivity contribution in [3.05, 3.63) is 5.69 Å². The van der Waals surface area contributed by atoms with E-state index in [0.717, 1.165) is 6.54 Å². The van der Waals surface area contributed by atoms with E-state index in [2.05, 4.69) is 9.82 Å². The summed E-state index contributed by atoms with van der Waals surface area (Å²) in [6, 6.07) is 0. The number of nitrogen functional groups attached to an aromatic ring is 1. The number of aromatic nitrogens is 2. The Hall–Kier alpha value is -1.16. The van der Waals surface area contributed by atoms with Crippen LogP contribution in [0, 0.1) is 6.92 Å². The van der Waals surface area contributed by atoms with Crippen molar-refractivity contribution in [2.45, 2.75) is 11.8 Å². The third-order valence-corrected chi connectivity index (χ3v) is 4.42. The maximum absolute atomic E-state index is 12.1. The van der Waals surface area contributed by atoms with E-state index in [1.54, 1.807) is 14.0 Å². The van der Waals surface area contributed by atoms with Gasteiger partial charge in [0.25, 0.3) is 0 Å². The molecule has 20 heavy (non-hydrogen) atoms. The van der Waals surface area contributed by atoms with E-state index in [1.165, 1.54) is 4.68 Å². The Morgan fingerprint density at radius 1 is 1.40 bits per heavy atom. The Morgan fingerprint density at radius 3 is 2.55 bits per heavy atom. The van der Waals surface area contributed by atoms with Gasteiger partial charge in [-0.1, -0.05) is 0 Å². The summed E-state index contributed by atoms with van der Waals surface area (Å²) < 4.78 is 33.5. The molecular weight excluding hydrogens is 282 g/mol. The van der Waals surface area contributed by atoms with Crippen molar-refractivity contribution >= 4 is 15.8 Å². The second-order valence-corrected chi connectivity index (χ2v) is 6.44. The van der Waals surface area contributed by atoms with Crippen LogP contribution in [0.2, 0.25) is 0 Å². The first kappa shape index (κ1) is 16.9. The van der Waals surface area contributed by atoms with Gasteiger partial charge < -0.3 is 15.4 Å². The molecule has 0 fully saturated rings. The number of sulfonamides is 1. The van der Waals surface area contributed by atoms with E-state index in [1.807, 2.05) is 19.0 Å². The molecule has 9 heteroatoms. The van der Waals surface area contributed by atoms with E-state index >= 15 is 0 Å². The normalized spacial score (nSPS) is 12.2. The minimum atomic E-state index is -3.65. The molecule has 0 aromatic carbocycles. The highest BCUT2D eigenvalue weighted by molar-refractivity contribution is 7.89. The molecule has 0 aliphatic carbocycles. The third kappa shape index (κ3) is 4.44. The highest BCUT2D eigenvalue weighted by Crippen LogP contribution is 2.20. The van der Waals surface area contributed by atoms with Crippen molar-refractivity contribution in [3.8, 4) is 0 Å². The summed E-state index contributed by atoms with van der Waals surface area (Å²) >= 11 is 0. The number of ether oxygens (including phenoxy) is 1. The molecule has 3 N–H and O–H groups in total. The Labute approximate surface area is 119 Å². The van der Waals surface area contributed by atoms with E-state index in [4.69, 9.17) is 10.5 Å². The van der Waals surface area contributed by atoms with E-state index in [0.29, 0.717) is 18.9 Å². The largest absolute Gasteiger partial charge is 0.381 e. The van der Waals surface area contributed by atoms with Crippen molar-refractivity contribution in [2.24, 2.45) is 7.05 Å². The molecule has 1 aromatic heterocycles. The Balaban J connectivity index is 2.50. The molecule has 1 heterocycles. The smallest absolute Gasteiger partial charge is 0.246 e. The van der Waals surface area contributed by atoms with Gasteiger partial charge in [0.2, 0.25) is 10.0 Å². The third-order valence-electron chi connectivity index (χ3n) is 2.79. The van der Waals surface area contributed by atoms with Gasteiger partial charge in [-0.25, -0.2) is 13.1 Å². The number of rotatable bonds is 8. The topological polar surface area (TPSA) is 102 Å². The van der Waals surface area contributed by atoms with E-state index in [-0.39, 0.29) is 17.3 Å². The molecule has 0 aliphatic heterocycles. The Morgan fingerprint density at radius 2 is 2.05 bits per heavy atom. The van der Waals surface area contributed by atoms with Crippen LogP contribution in [0.3, 0.4) is 0 Å². The molecule has 0 aliphatic rings. The molecule has 0 bridgehead atoms. The molecule has 116 valence electrons. The van der Waals surface area contributed by atoms with Gasteiger partial charge in [0.1, 0.15) is 4.90 Å². The first-order valence-electron chi connectivity index (χ1n) is 6.27. The van der Waals surface area contributed by atoms with Crippen LogP contribution in [0.4, 0.5) is 5.82 Å².